The third-order valence-electron chi connectivity index (χ3n) is 6.33. The maximum Gasteiger partial charge on any atom is 0.316 e. The topological polar surface area (TPSA) is 117 Å². The fourth-order valence-electron chi connectivity index (χ4n) is 4.35. The lowest BCUT2D eigenvalue weighted by atomic mass is 10.1. The van der Waals surface area contributed by atoms with E-state index in [-0.39, 0.29) is 5.91 Å². The Hall–Kier alpha value is -4.05. The Morgan fingerprint density at radius 2 is 1.80 bits per heavy atom. The molecule has 2 aromatic carbocycles. The van der Waals surface area contributed by atoms with E-state index in [1.54, 1.807) is 30.0 Å². The summed E-state index contributed by atoms with van der Waals surface area (Å²) in [6.45, 7) is 7.19. The maximum atomic E-state index is 13.1. The predicted octanol–water partition coefficient (Wildman–Crippen LogP) is 2.03. The van der Waals surface area contributed by atoms with Gasteiger partial charge in [0.2, 0.25) is 11.7 Å². The number of nitrogens with one attached hydrogen (secondary N) is 1. The summed E-state index contributed by atoms with van der Waals surface area (Å²) in [5.41, 5.74) is 2.34. The molecular weight excluding hydrogens is 448 g/mol. The molecule has 0 aliphatic carbocycles. The monoisotopic (exact) mass is 474 g/mol. The van der Waals surface area contributed by atoms with Gasteiger partial charge in [-0.25, -0.2) is 0 Å². The Morgan fingerprint density at radius 1 is 1.06 bits per heavy atom. The van der Waals surface area contributed by atoms with Gasteiger partial charge in [0.25, 0.3) is 5.91 Å². The number of aromatic nitrogens is 4. The van der Waals surface area contributed by atoms with Crippen molar-refractivity contribution < 1.29 is 9.32 Å². The van der Waals surface area contributed by atoms with Gasteiger partial charge in [-0.05, 0) is 32.0 Å². The first-order valence-electron chi connectivity index (χ1n) is 11.6. The normalized spacial score (nSPS) is 14.5. The number of aryl methyl sites for hydroxylation is 2. The first-order valence-corrected chi connectivity index (χ1v) is 11.6. The van der Waals surface area contributed by atoms with E-state index in [4.69, 9.17) is 4.52 Å². The van der Waals surface area contributed by atoms with Crippen LogP contribution in [-0.2, 0) is 13.1 Å². The van der Waals surface area contributed by atoms with Gasteiger partial charge in [-0.15, -0.1) is 0 Å². The molecule has 180 valence electrons. The van der Waals surface area contributed by atoms with Crippen LogP contribution in [0.15, 0.2) is 56.6 Å². The number of piperazine rings is 1. The molecule has 10 nitrogen and oxygen atoms in total. The van der Waals surface area contributed by atoms with Crippen molar-refractivity contribution in [3.63, 3.8) is 0 Å². The second-order valence-corrected chi connectivity index (χ2v) is 8.68. The summed E-state index contributed by atoms with van der Waals surface area (Å²) >= 11 is 0. The van der Waals surface area contributed by atoms with Crippen LogP contribution in [0.5, 0.6) is 0 Å². The Kier molecular flexibility index (Phi) is 6.04. The van der Waals surface area contributed by atoms with Crippen molar-refractivity contribution in [2.45, 2.75) is 26.9 Å². The molecule has 4 aromatic rings. The fourth-order valence-corrected chi connectivity index (χ4v) is 4.35. The summed E-state index contributed by atoms with van der Waals surface area (Å²) in [4.78, 5) is 48.2. The second kappa shape index (κ2) is 9.30. The van der Waals surface area contributed by atoms with Gasteiger partial charge in [0.05, 0.1) is 17.6 Å². The minimum Gasteiger partial charge on any atom is -0.338 e. The van der Waals surface area contributed by atoms with Crippen molar-refractivity contribution in [3.8, 4) is 11.4 Å². The molecule has 35 heavy (non-hydrogen) atoms. The summed E-state index contributed by atoms with van der Waals surface area (Å²) < 4.78 is 6.84. The third-order valence-corrected chi connectivity index (χ3v) is 6.33. The van der Waals surface area contributed by atoms with E-state index in [0.29, 0.717) is 67.6 Å². The highest BCUT2D eigenvalue weighted by Crippen LogP contribution is 2.18. The molecule has 1 N–H and O–H groups in total. The van der Waals surface area contributed by atoms with Crippen molar-refractivity contribution in [1.29, 1.82) is 0 Å². The maximum absolute atomic E-state index is 13.1. The van der Waals surface area contributed by atoms with Gasteiger partial charge < -0.3 is 19.0 Å². The van der Waals surface area contributed by atoms with Crippen LogP contribution < -0.4 is 11.1 Å². The lowest BCUT2D eigenvalue weighted by Gasteiger charge is -2.34. The first kappa shape index (κ1) is 22.7. The molecule has 1 amide bonds. The van der Waals surface area contributed by atoms with Gasteiger partial charge in [0.15, 0.2) is 0 Å². The molecule has 0 spiro atoms. The molecule has 0 saturated carbocycles. The lowest BCUT2D eigenvalue weighted by Crippen LogP contribution is -2.48. The Bertz CT molecular complexity index is 1490. The van der Waals surface area contributed by atoms with Crippen LogP contribution in [0.25, 0.3) is 22.4 Å². The number of nitrogens with zero attached hydrogens (tertiary/aromatic N) is 5. The van der Waals surface area contributed by atoms with Crippen LogP contribution in [0.3, 0.4) is 0 Å². The van der Waals surface area contributed by atoms with Crippen LogP contribution in [0.4, 0.5) is 0 Å². The quantitative estimate of drug-likeness (QED) is 0.440. The molecule has 1 fully saturated rings. The zero-order valence-corrected chi connectivity index (χ0v) is 19.7. The van der Waals surface area contributed by atoms with Gasteiger partial charge in [-0.1, -0.05) is 35.0 Å². The highest BCUT2D eigenvalue weighted by atomic mass is 16.5. The number of hydrogen-bond donors (Lipinski definition) is 1. The molecule has 10 heteroatoms. The van der Waals surface area contributed by atoms with Gasteiger partial charge in [-0.3, -0.25) is 19.3 Å². The highest BCUT2D eigenvalue weighted by Gasteiger charge is 2.24. The van der Waals surface area contributed by atoms with Crippen LogP contribution >= 0.6 is 0 Å². The molecule has 0 unspecified atom stereocenters. The average molecular weight is 475 g/mol. The zero-order valence-electron chi connectivity index (χ0n) is 19.7. The minimum atomic E-state index is -0.691. The lowest BCUT2D eigenvalue weighted by molar-refractivity contribution is 0.0615. The molecule has 2 aromatic heterocycles. The number of carbonyl (C=O) groups excluding carboxylic acids is 1. The van der Waals surface area contributed by atoms with Gasteiger partial charge in [-0.2, -0.15) is 4.98 Å². The first-order chi connectivity index (χ1) is 16.9. The molecule has 5 rings (SSSR count). The molecule has 3 heterocycles. The Balaban J connectivity index is 1.23. The van der Waals surface area contributed by atoms with Crippen molar-refractivity contribution in [2.75, 3.05) is 26.2 Å². The number of amides is 1. The van der Waals surface area contributed by atoms with Crippen LogP contribution in [0.2, 0.25) is 0 Å². The standard InChI is InChI=1S/C25H26N6O4/c1-3-31-20-9-8-18(14-19(20)26-23(32)25(31)34)24(33)30-12-10-29(11-13-30)15-21-27-22(28-35-21)17-6-4-16(2)5-7-17/h4-9,14H,3,10-13,15H2,1-2H3,(H,26,32). The van der Waals surface area contributed by atoms with E-state index in [0.717, 1.165) is 5.56 Å². The van der Waals surface area contributed by atoms with Crippen molar-refractivity contribution >= 4 is 16.9 Å². The van der Waals surface area contributed by atoms with E-state index in [1.165, 1.54) is 10.1 Å². The van der Waals surface area contributed by atoms with E-state index in [1.807, 2.05) is 31.2 Å². The van der Waals surface area contributed by atoms with Crippen molar-refractivity contribution in [3.05, 3.63) is 80.2 Å². The predicted molar refractivity (Wildman–Crippen MR) is 130 cm³/mol. The summed E-state index contributed by atoms with van der Waals surface area (Å²) in [7, 11) is 0. The summed E-state index contributed by atoms with van der Waals surface area (Å²) in [5, 5.41) is 4.09. The summed E-state index contributed by atoms with van der Waals surface area (Å²) in [6, 6.07) is 13.0. The van der Waals surface area contributed by atoms with E-state index >= 15 is 0 Å². The molecule has 1 aliphatic rings. The molecule has 0 bridgehead atoms. The number of H-pyrrole nitrogens is 1. The summed E-state index contributed by atoms with van der Waals surface area (Å²) in [5.74, 6) is 0.999. The number of carbonyl (C=O) groups is 1. The van der Waals surface area contributed by atoms with E-state index in [9.17, 15) is 14.4 Å². The van der Waals surface area contributed by atoms with Crippen molar-refractivity contribution in [2.24, 2.45) is 0 Å². The Morgan fingerprint density at radius 3 is 2.51 bits per heavy atom. The molecule has 0 radical (unpaired) electrons. The molecular formula is C25H26N6O4. The van der Waals surface area contributed by atoms with E-state index < -0.39 is 11.1 Å². The highest BCUT2D eigenvalue weighted by molar-refractivity contribution is 5.97. The van der Waals surface area contributed by atoms with Crippen LogP contribution in [0, 0.1) is 6.92 Å². The molecule has 1 aliphatic heterocycles. The zero-order chi connectivity index (χ0) is 24.5. The Labute approximate surface area is 200 Å². The second-order valence-electron chi connectivity index (χ2n) is 8.68. The van der Waals surface area contributed by atoms with Crippen LogP contribution in [0.1, 0.15) is 28.7 Å². The van der Waals surface area contributed by atoms with Crippen molar-refractivity contribution in [1.82, 2.24) is 29.5 Å². The van der Waals surface area contributed by atoms with Gasteiger partial charge >= 0.3 is 11.1 Å². The number of fused-ring (bicyclic) bond motifs is 1. The number of aromatic amines is 1. The average Bonchev–Trinajstić information content (AvgIpc) is 3.33. The number of benzene rings is 2. The molecule has 0 atom stereocenters. The number of rotatable bonds is 5. The largest absolute Gasteiger partial charge is 0.338 e. The van der Waals surface area contributed by atoms with E-state index in [2.05, 4.69) is 20.0 Å². The number of hydrogen-bond acceptors (Lipinski definition) is 7. The summed E-state index contributed by atoms with van der Waals surface area (Å²) in [6.07, 6.45) is 0. The van der Waals surface area contributed by atoms with Crippen LogP contribution in [-0.4, -0.2) is 61.6 Å². The SMILES string of the molecule is CCn1c(=O)c(=O)[nH]c2cc(C(=O)N3CCN(Cc4nc(-c5ccc(C)cc5)no4)CC3)ccc21. The minimum absolute atomic E-state index is 0.110. The smallest absolute Gasteiger partial charge is 0.316 e. The van der Waals surface area contributed by atoms with Gasteiger partial charge in [0, 0.05) is 43.9 Å². The van der Waals surface area contributed by atoms with Gasteiger partial charge in [0.1, 0.15) is 0 Å². The molecule has 1 saturated heterocycles. The fraction of sp³-hybridized carbons (Fsp3) is 0.320. The third kappa shape index (κ3) is 4.52.